The average molecular weight is 189 g/mol. The third-order valence-corrected chi connectivity index (χ3v) is 2.31. The number of rotatable bonds is 1. The topological polar surface area (TPSA) is 40.5 Å². The maximum Gasteiger partial charge on any atom is 0.337 e. The second kappa shape index (κ2) is 3.18. The van der Waals surface area contributed by atoms with Crippen LogP contribution in [0.1, 0.15) is 11.1 Å². The van der Waals surface area contributed by atoms with E-state index < -0.39 is 5.97 Å². The van der Waals surface area contributed by atoms with Crippen molar-refractivity contribution in [2.24, 2.45) is 0 Å². The molecular weight excluding hydrogens is 178 g/mol. The number of carboxylic acids is 1. The highest BCUT2D eigenvalue weighted by molar-refractivity contribution is 6.16. The Balaban J connectivity index is 2.55. The van der Waals surface area contributed by atoms with Crippen molar-refractivity contribution in [1.29, 1.82) is 0 Å². The minimum atomic E-state index is -0.871. The van der Waals surface area contributed by atoms with E-state index in [0.717, 1.165) is 17.7 Å². The van der Waals surface area contributed by atoms with Crippen molar-refractivity contribution >= 4 is 11.5 Å². The Morgan fingerprint density at radius 1 is 1.43 bits per heavy atom. The lowest BCUT2D eigenvalue weighted by Gasteiger charge is -2.23. The number of nitrogens with zero attached hydrogens (tertiary/aromatic N) is 1. The molecule has 0 bridgehead atoms. The Morgan fingerprint density at radius 2 is 2.14 bits per heavy atom. The molecule has 1 N–H and O–H groups in total. The van der Waals surface area contributed by atoms with Crippen molar-refractivity contribution < 1.29 is 9.90 Å². The third kappa shape index (κ3) is 1.37. The van der Waals surface area contributed by atoms with Crippen molar-refractivity contribution in [2.75, 3.05) is 7.05 Å². The molecule has 3 heteroatoms. The molecule has 1 aliphatic rings. The number of hydrogen-bond donors (Lipinski definition) is 1. The third-order valence-electron chi connectivity index (χ3n) is 2.31. The van der Waals surface area contributed by atoms with Crippen LogP contribution in [0.5, 0.6) is 0 Å². The van der Waals surface area contributed by atoms with E-state index >= 15 is 0 Å². The Labute approximate surface area is 82.3 Å². The molecule has 1 aromatic carbocycles. The highest BCUT2D eigenvalue weighted by atomic mass is 16.4. The number of hydrogen-bond acceptors (Lipinski definition) is 2. The molecule has 0 saturated heterocycles. The van der Waals surface area contributed by atoms with Crippen LogP contribution in [-0.4, -0.2) is 23.0 Å². The summed E-state index contributed by atoms with van der Waals surface area (Å²) in [6, 6.07) is 7.60. The van der Waals surface area contributed by atoms with E-state index in [9.17, 15) is 4.79 Å². The first-order chi connectivity index (χ1) is 6.68. The molecule has 0 unspecified atom stereocenters. The summed E-state index contributed by atoms with van der Waals surface area (Å²) in [7, 11) is 1.87. The Morgan fingerprint density at radius 3 is 2.86 bits per heavy atom. The molecule has 0 aromatic heterocycles. The van der Waals surface area contributed by atoms with Crippen LogP contribution in [0.25, 0.3) is 5.57 Å². The molecule has 0 spiro atoms. The van der Waals surface area contributed by atoms with Gasteiger partial charge in [-0.05, 0) is 11.1 Å². The van der Waals surface area contributed by atoms with Gasteiger partial charge in [-0.1, -0.05) is 24.3 Å². The first kappa shape index (κ1) is 8.81. The van der Waals surface area contributed by atoms with Crippen molar-refractivity contribution in [2.45, 2.75) is 6.54 Å². The van der Waals surface area contributed by atoms with E-state index in [1.165, 1.54) is 0 Å². The number of fused-ring (bicyclic) bond motifs is 1. The zero-order valence-corrected chi connectivity index (χ0v) is 7.90. The number of benzene rings is 1. The predicted octanol–water partition coefficient (Wildman–Crippen LogP) is 1.56. The van der Waals surface area contributed by atoms with Crippen molar-refractivity contribution in [3.63, 3.8) is 0 Å². The fourth-order valence-electron chi connectivity index (χ4n) is 1.70. The van der Waals surface area contributed by atoms with Gasteiger partial charge in [0, 0.05) is 19.8 Å². The molecule has 0 saturated carbocycles. The van der Waals surface area contributed by atoms with E-state index in [2.05, 4.69) is 0 Å². The molecule has 2 rings (SSSR count). The molecule has 0 atom stereocenters. The van der Waals surface area contributed by atoms with Crippen LogP contribution in [-0.2, 0) is 11.3 Å². The highest BCUT2D eigenvalue weighted by Gasteiger charge is 2.19. The van der Waals surface area contributed by atoms with Crippen molar-refractivity contribution in [3.8, 4) is 0 Å². The second-order valence-electron chi connectivity index (χ2n) is 3.42. The van der Waals surface area contributed by atoms with Gasteiger partial charge in [0.25, 0.3) is 0 Å². The van der Waals surface area contributed by atoms with Crippen LogP contribution in [0.2, 0.25) is 0 Å². The van der Waals surface area contributed by atoms with E-state index in [4.69, 9.17) is 5.11 Å². The van der Waals surface area contributed by atoms with E-state index in [1.54, 1.807) is 6.20 Å². The first-order valence-electron chi connectivity index (χ1n) is 4.42. The van der Waals surface area contributed by atoms with Gasteiger partial charge in [-0.2, -0.15) is 0 Å². The summed E-state index contributed by atoms with van der Waals surface area (Å²) in [4.78, 5) is 12.8. The zero-order chi connectivity index (χ0) is 10.1. The minimum absolute atomic E-state index is 0.370. The van der Waals surface area contributed by atoms with E-state index in [-0.39, 0.29) is 0 Å². The van der Waals surface area contributed by atoms with Crippen molar-refractivity contribution in [3.05, 3.63) is 41.6 Å². The molecular formula is C11H11NO2. The maximum absolute atomic E-state index is 11.0. The van der Waals surface area contributed by atoms with Crippen molar-refractivity contribution in [1.82, 2.24) is 4.90 Å². The molecule has 1 heterocycles. The maximum atomic E-state index is 11.0. The smallest absolute Gasteiger partial charge is 0.337 e. The molecule has 0 radical (unpaired) electrons. The summed E-state index contributed by atoms with van der Waals surface area (Å²) in [6.07, 6.45) is 1.67. The molecule has 1 aliphatic heterocycles. The van der Waals surface area contributed by atoms with Gasteiger partial charge in [0.15, 0.2) is 0 Å². The Kier molecular flexibility index (Phi) is 2.00. The second-order valence-corrected chi connectivity index (χ2v) is 3.42. The minimum Gasteiger partial charge on any atom is -0.478 e. The van der Waals surface area contributed by atoms with Crippen LogP contribution in [0.3, 0.4) is 0 Å². The molecule has 1 aromatic rings. The first-order valence-corrected chi connectivity index (χ1v) is 4.42. The van der Waals surface area contributed by atoms with Crippen LogP contribution in [0, 0.1) is 0 Å². The summed E-state index contributed by atoms with van der Waals surface area (Å²) >= 11 is 0. The highest BCUT2D eigenvalue weighted by Crippen LogP contribution is 2.25. The quantitative estimate of drug-likeness (QED) is 0.728. The summed E-state index contributed by atoms with van der Waals surface area (Å²) in [5, 5.41) is 9.01. The molecule has 72 valence electrons. The molecule has 3 nitrogen and oxygen atoms in total. The number of carbonyl (C=O) groups is 1. The van der Waals surface area contributed by atoms with Gasteiger partial charge >= 0.3 is 5.97 Å². The van der Waals surface area contributed by atoms with Gasteiger partial charge in [-0.3, -0.25) is 0 Å². The zero-order valence-electron chi connectivity index (χ0n) is 7.90. The average Bonchev–Trinajstić information content (AvgIpc) is 2.16. The predicted molar refractivity (Wildman–Crippen MR) is 53.5 cm³/mol. The van der Waals surface area contributed by atoms with Crippen LogP contribution in [0.4, 0.5) is 0 Å². The number of aliphatic carboxylic acids is 1. The van der Waals surface area contributed by atoms with Gasteiger partial charge in [0.1, 0.15) is 0 Å². The SMILES string of the molecule is CN1C=C(C(=O)O)c2ccccc2C1. The van der Waals surface area contributed by atoms with E-state index in [1.807, 2.05) is 36.2 Å². The standard InChI is InChI=1S/C11H11NO2/c1-12-6-8-4-2-3-5-9(8)10(7-12)11(13)14/h2-5,7H,6H2,1H3,(H,13,14). The summed E-state index contributed by atoms with van der Waals surface area (Å²) in [5.41, 5.74) is 2.27. The van der Waals surface area contributed by atoms with Crippen LogP contribution in [0.15, 0.2) is 30.5 Å². The Hall–Kier alpha value is -1.77. The lowest BCUT2D eigenvalue weighted by molar-refractivity contribution is -0.130. The lowest BCUT2D eigenvalue weighted by atomic mass is 9.97. The molecule has 0 amide bonds. The monoisotopic (exact) mass is 189 g/mol. The van der Waals surface area contributed by atoms with Gasteiger partial charge < -0.3 is 10.0 Å². The summed E-state index contributed by atoms with van der Waals surface area (Å²) < 4.78 is 0. The van der Waals surface area contributed by atoms with Crippen LogP contribution < -0.4 is 0 Å². The van der Waals surface area contributed by atoms with E-state index in [0.29, 0.717) is 5.57 Å². The summed E-state index contributed by atoms with van der Waals surface area (Å²) in [5.74, 6) is -0.871. The summed E-state index contributed by atoms with van der Waals surface area (Å²) in [6.45, 7) is 0.771. The van der Waals surface area contributed by atoms with Gasteiger partial charge in [-0.15, -0.1) is 0 Å². The van der Waals surface area contributed by atoms with Gasteiger partial charge in [0.05, 0.1) is 5.57 Å². The lowest BCUT2D eigenvalue weighted by Crippen LogP contribution is -2.19. The van der Waals surface area contributed by atoms with Gasteiger partial charge in [-0.25, -0.2) is 4.79 Å². The largest absolute Gasteiger partial charge is 0.478 e. The number of carboxylic acid groups (broad SMARTS) is 1. The fraction of sp³-hybridized carbons (Fsp3) is 0.182. The Bertz CT molecular complexity index is 410. The molecule has 0 aliphatic carbocycles. The van der Waals surface area contributed by atoms with Gasteiger partial charge in [0.2, 0.25) is 0 Å². The molecule has 0 fully saturated rings. The molecule has 14 heavy (non-hydrogen) atoms. The fourth-order valence-corrected chi connectivity index (χ4v) is 1.70. The van der Waals surface area contributed by atoms with Crippen LogP contribution >= 0.6 is 0 Å². The normalized spacial score (nSPS) is 14.6.